The molecular weight excluding hydrogens is 522 g/mol. The predicted molar refractivity (Wildman–Crippen MR) is 122 cm³/mol. The zero-order valence-corrected chi connectivity index (χ0v) is 19.8. The molecule has 0 aliphatic heterocycles. The number of carbonyl (C=O) groups is 2. The highest BCUT2D eigenvalue weighted by molar-refractivity contribution is 6.32. The Labute approximate surface area is 211 Å². The van der Waals surface area contributed by atoms with Crippen molar-refractivity contribution in [2.45, 2.75) is 26.3 Å². The van der Waals surface area contributed by atoms with E-state index in [1.807, 2.05) is 0 Å². The first kappa shape index (κ1) is 25.9. The minimum atomic E-state index is -3.18. The van der Waals surface area contributed by atoms with Crippen LogP contribution in [0.4, 0.5) is 23.4 Å². The Bertz CT molecular complexity index is 1420. The average molecular weight is 540 g/mol. The molecule has 1 amide bonds. The second kappa shape index (κ2) is 10.9. The first-order chi connectivity index (χ1) is 17.7. The molecule has 0 unspecified atom stereocenters. The molecule has 194 valence electrons. The number of amides is 1. The van der Waals surface area contributed by atoms with Crippen molar-refractivity contribution < 1.29 is 36.3 Å². The fourth-order valence-electron chi connectivity index (χ4n) is 3.43. The Morgan fingerprint density at radius 3 is 2.49 bits per heavy atom. The van der Waals surface area contributed by atoms with E-state index in [1.165, 1.54) is 23.0 Å². The van der Waals surface area contributed by atoms with Gasteiger partial charge in [0.2, 0.25) is 0 Å². The number of nitrogens with one attached hydrogen (secondary N) is 1. The van der Waals surface area contributed by atoms with Crippen molar-refractivity contribution in [3.63, 3.8) is 0 Å². The predicted octanol–water partition coefficient (Wildman–Crippen LogP) is 5.67. The largest absolute Gasteiger partial charge is 0.462 e. The molecule has 3 heterocycles. The van der Waals surface area contributed by atoms with Gasteiger partial charge >= 0.3 is 5.97 Å². The Kier molecular flexibility index (Phi) is 7.62. The molecule has 3 aromatic heterocycles. The molecule has 0 aliphatic carbocycles. The first-order valence-electron chi connectivity index (χ1n) is 10.7. The number of hydrogen-bond acceptors (Lipinski definition) is 6. The van der Waals surface area contributed by atoms with Crippen molar-refractivity contribution in [1.82, 2.24) is 19.6 Å². The van der Waals surface area contributed by atoms with Crippen LogP contribution in [0.5, 0.6) is 0 Å². The third kappa shape index (κ3) is 5.35. The van der Waals surface area contributed by atoms with Gasteiger partial charge in [-0.2, -0.15) is 10.2 Å². The van der Waals surface area contributed by atoms with Gasteiger partial charge in [0.05, 0.1) is 30.1 Å². The van der Waals surface area contributed by atoms with Gasteiger partial charge in [0.1, 0.15) is 22.7 Å². The molecule has 0 radical (unpaired) electrons. The Balaban J connectivity index is 1.61. The summed E-state index contributed by atoms with van der Waals surface area (Å²) in [5.74, 6) is -1.79. The van der Waals surface area contributed by atoms with Gasteiger partial charge in [-0.25, -0.2) is 27.0 Å². The summed E-state index contributed by atoms with van der Waals surface area (Å²) < 4.78 is 65.4. The molecule has 14 heteroatoms. The fourth-order valence-corrected chi connectivity index (χ4v) is 3.73. The molecule has 0 fully saturated rings. The molecule has 9 nitrogen and oxygen atoms in total. The fraction of sp³-hybridized carbons (Fsp3) is 0.217. The van der Waals surface area contributed by atoms with E-state index in [4.69, 9.17) is 20.8 Å². The number of ether oxygens (including phenoxy) is 1. The molecule has 1 N–H and O–H groups in total. The van der Waals surface area contributed by atoms with Crippen LogP contribution >= 0.6 is 11.6 Å². The highest BCUT2D eigenvalue weighted by Crippen LogP contribution is 2.35. The molecule has 0 aliphatic rings. The van der Waals surface area contributed by atoms with E-state index >= 15 is 0 Å². The molecule has 4 aromatic rings. The van der Waals surface area contributed by atoms with Crippen LogP contribution in [0.1, 0.15) is 57.8 Å². The SMILES string of the molecule is CCOC(=O)c1cnn(-c2ccccc2)c1NC(=O)c1ccc(Cn2nc(C(F)F)c(Cl)c2C(F)F)o1. The number of aromatic nitrogens is 4. The summed E-state index contributed by atoms with van der Waals surface area (Å²) in [5, 5.41) is 9.34. The lowest BCUT2D eigenvalue weighted by Crippen LogP contribution is -2.17. The van der Waals surface area contributed by atoms with Gasteiger partial charge in [0.25, 0.3) is 18.8 Å². The second-order valence-corrected chi connectivity index (χ2v) is 7.82. The topological polar surface area (TPSA) is 104 Å². The lowest BCUT2D eigenvalue weighted by atomic mass is 10.3. The van der Waals surface area contributed by atoms with Crippen molar-refractivity contribution in [3.8, 4) is 5.69 Å². The lowest BCUT2D eigenvalue weighted by molar-refractivity contribution is 0.0527. The number of halogens is 5. The molecule has 0 saturated carbocycles. The highest BCUT2D eigenvalue weighted by atomic mass is 35.5. The Morgan fingerprint density at radius 1 is 1.11 bits per heavy atom. The number of benzene rings is 1. The zero-order chi connectivity index (χ0) is 26.7. The summed E-state index contributed by atoms with van der Waals surface area (Å²) in [6.45, 7) is 1.23. The number of anilines is 1. The maximum absolute atomic E-state index is 13.4. The maximum atomic E-state index is 13.4. The van der Waals surface area contributed by atoms with Gasteiger partial charge in [-0.3, -0.25) is 9.48 Å². The number of nitrogens with zero attached hydrogens (tertiary/aromatic N) is 4. The number of esters is 1. The summed E-state index contributed by atoms with van der Waals surface area (Å²) in [4.78, 5) is 25.4. The lowest BCUT2D eigenvalue weighted by Gasteiger charge is -2.10. The van der Waals surface area contributed by atoms with Crippen LogP contribution in [0.25, 0.3) is 5.69 Å². The van der Waals surface area contributed by atoms with Crippen LogP contribution < -0.4 is 5.32 Å². The first-order valence-corrected chi connectivity index (χ1v) is 11.1. The monoisotopic (exact) mass is 539 g/mol. The van der Waals surface area contributed by atoms with E-state index in [0.29, 0.717) is 10.4 Å². The standard InChI is InChI=1S/C23H18ClF4N5O4/c1-2-36-23(35)14-10-29-33(12-6-4-3-5-7-12)21(14)30-22(34)15-9-8-13(37-15)11-32-18(20(27)28)16(24)17(31-32)19(25)26/h3-10,19-20H,2,11H2,1H3,(H,30,34). The van der Waals surface area contributed by atoms with E-state index < -0.39 is 47.7 Å². The van der Waals surface area contributed by atoms with Gasteiger partial charge in [0.15, 0.2) is 11.6 Å². The van der Waals surface area contributed by atoms with E-state index in [9.17, 15) is 27.2 Å². The zero-order valence-electron chi connectivity index (χ0n) is 19.0. The maximum Gasteiger partial charge on any atom is 0.343 e. The summed E-state index contributed by atoms with van der Waals surface area (Å²) in [5.41, 5.74) is -1.36. The van der Waals surface area contributed by atoms with Crippen molar-refractivity contribution >= 4 is 29.3 Å². The van der Waals surface area contributed by atoms with Gasteiger partial charge in [0, 0.05) is 0 Å². The molecule has 1 aromatic carbocycles. The summed E-state index contributed by atoms with van der Waals surface area (Å²) in [6.07, 6.45) is -5.10. The second-order valence-electron chi connectivity index (χ2n) is 7.44. The van der Waals surface area contributed by atoms with Crippen LogP contribution in [0.15, 0.2) is 53.1 Å². The van der Waals surface area contributed by atoms with Gasteiger partial charge in [-0.15, -0.1) is 0 Å². The van der Waals surface area contributed by atoms with Gasteiger partial charge in [-0.05, 0) is 31.2 Å². The number of carbonyl (C=O) groups excluding carboxylic acids is 2. The third-order valence-electron chi connectivity index (χ3n) is 5.06. The molecule has 37 heavy (non-hydrogen) atoms. The van der Waals surface area contributed by atoms with Crippen LogP contribution in [-0.2, 0) is 11.3 Å². The van der Waals surface area contributed by atoms with Crippen molar-refractivity contribution in [1.29, 1.82) is 0 Å². The summed E-state index contributed by atoms with van der Waals surface area (Å²) in [6, 6.07) is 11.2. The smallest absolute Gasteiger partial charge is 0.343 e. The van der Waals surface area contributed by atoms with E-state index in [2.05, 4.69) is 15.5 Å². The van der Waals surface area contributed by atoms with Gasteiger partial charge < -0.3 is 14.5 Å². The minimum Gasteiger partial charge on any atom is -0.462 e. The molecule has 0 saturated heterocycles. The third-order valence-corrected chi connectivity index (χ3v) is 5.45. The van der Waals surface area contributed by atoms with Crippen LogP contribution in [0.3, 0.4) is 0 Å². The van der Waals surface area contributed by atoms with Crippen molar-refractivity contribution in [2.24, 2.45) is 0 Å². The van der Waals surface area contributed by atoms with E-state index in [1.54, 1.807) is 37.3 Å². The Morgan fingerprint density at radius 2 is 1.84 bits per heavy atom. The van der Waals surface area contributed by atoms with E-state index in [-0.39, 0.29) is 29.5 Å². The average Bonchev–Trinajstić information content (AvgIpc) is 3.57. The summed E-state index contributed by atoms with van der Waals surface area (Å²) >= 11 is 5.66. The molecule has 4 rings (SSSR count). The Hall–Kier alpha value is -4.13. The van der Waals surface area contributed by atoms with Crippen LogP contribution in [-0.4, -0.2) is 38.0 Å². The normalized spacial score (nSPS) is 11.4. The molecule has 0 spiro atoms. The quantitative estimate of drug-likeness (QED) is 0.217. The van der Waals surface area contributed by atoms with Gasteiger partial charge in [-0.1, -0.05) is 29.8 Å². The minimum absolute atomic E-state index is 0.00743. The van der Waals surface area contributed by atoms with Crippen molar-refractivity contribution in [3.05, 3.63) is 82.2 Å². The molecule has 0 bridgehead atoms. The number of alkyl halides is 4. The summed E-state index contributed by atoms with van der Waals surface area (Å²) in [7, 11) is 0. The number of rotatable bonds is 9. The number of hydrogen-bond donors (Lipinski definition) is 1. The van der Waals surface area contributed by atoms with Crippen LogP contribution in [0, 0.1) is 0 Å². The van der Waals surface area contributed by atoms with Crippen molar-refractivity contribution in [2.75, 3.05) is 11.9 Å². The number of furan rings is 1. The molecular formula is C23H18ClF4N5O4. The molecule has 0 atom stereocenters. The number of para-hydroxylation sites is 1. The van der Waals surface area contributed by atoms with E-state index in [0.717, 1.165) is 0 Å². The van der Waals surface area contributed by atoms with Crippen LogP contribution in [0.2, 0.25) is 5.02 Å². The highest BCUT2D eigenvalue weighted by Gasteiger charge is 2.29.